The second-order valence-electron chi connectivity index (χ2n) is 6.19. The molecule has 1 aliphatic carbocycles. The van der Waals surface area contributed by atoms with Gasteiger partial charge in [-0.15, -0.1) is 0 Å². The minimum Gasteiger partial charge on any atom is -0.478 e. The molecule has 118 valence electrons. The fourth-order valence-electron chi connectivity index (χ4n) is 3.54. The number of carbonyl (C=O) groups is 2. The van der Waals surface area contributed by atoms with E-state index in [0.717, 1.165) is 25.7 Å². The van der Waals surface area contributed by atoms with Crippen molar-refractivity contribution in [2.75, 3.05) is 19.7 Å². The van der Waals surface area contributed by atoms with Crippen LogP contribution in [0.15, 0.2) is 24.3 Å². The van der Waals surface area contributed by atoms with E-state index < -0.39 is 5.97 Å². The molecule has 1 aromatic carbocycles. The number of rotatable bonds is 3. The number of hydrogen-bond acceptors (Lipinski definition) is 3. The Balaban J connectivity index is 1.71. The third-order valence-corrected chi connectivity index (χ3v) is 4.71. The molecular weight excluding hydrogens is 282 g/mol. The summed E-state index contributed by atoms with van der Waals surface area (Å²) in [6, 6.07) is 6.71. The number of carboxylic acid groups (broad SMARTS) is 1. The molecule has 1 saturated carbocycles. The topological polar surface area (TPSA) is 66.8 Å². The molecule has 1 saturated heterocycles. The number of hydrogen-bond donors (Lipinski definition) is 1. The summed E-state index contributed by atoms with van der Waals surface area (Å²) in [7, 11) is 0. The van der Waals surface area contributed by atoms with E-state index in [1.807, 2.05) is 4.90 Å². The standard InChI is InChI=1S/C17H21NO4/c19-15(11-13-5-1-2-6-14(13)16(20)21)18-9-10-22-17(12-18)7-3-4-8-17/h1-2,5-6H,3-4,7-12H2,(H,20,21). The number of amides is 1. The van der Waals surface area contributed by atoms with Gasteiger partial charge in [0.25, 0.3) is 0 Å². The normalized spacial score (nSPS) is 20.3. The van der Waals surface area contributed by atoms with Gasteiger partial charge in [0.05, 0.1) is 24.2 Å². The van der Waals surface area contributed by atoms with Crippen molar-refractivity contribution >= 4 is 11.9 Å². The Morgan fingerprint density at radius 1 is 1.23 bits per heavy atom. The van der Waals surface area contributed by atoms with Crippen molar-refractivity contribution in [3.8, 4) is 0 Å². The van der Waals surface area contributed by atoms with Crippen LogP contribution in [-0.2, 0) is 16.0 Å². The molecule has 1 aliphatic heterocycles. The van der Waals surface area contributed by atoms with E-state index in [1.54, 1.807) is 24.3 Å². The highest BCUT2D eigenvalue weighted by Crippen LogP contribution is 2.35. The van der Waals surface area contributed by atoms with E-state index in [-0.39, 0.29) is 23.5 Å². The number of ether oxygens (including phenoxy) is 1. The maximum Gasteiger partial charge on any atom is 0.335 e. The van der Waals surface area contributed by atoms with Crippen LogP contribution in [0.5, 0.6) is 0 Å². The molecule has 1 aromatic rings. The van der Waals surface area contributed by atoms with Crippen molar-refractivity contribution in [2.24, 2.45) is 0 Å². The molecule has 2 fully saturated rings. The van der Waals surface area contributed by atoms with Gasteiger partial charge in [-0.05, 0) is 24.5 Å². The largest absolute Gasteiger partial charge is 0.478 e. The maximum absolute atomic E-state index is 12.6. The second kappa shape index (κ2) is 6.08. The van der Waals surface area contributed by atoms with Crippen LogP contribution in [0.25, 0.3) is 0 Å². The Hall–Kier alpha value is -1.88. The number of morpholine rings is 1. The summed E-state index contributed by atoms with van der Waals surface area (Å²) >= 11 is 0. The second-order valence-corrected chi connectivity index (χ2v) is 6.19. The highest BCUT2D eigenvalue weighted by atomic mass is 16.5. The Morgan fingerprint density at radius 3 is 2.68 bits per heavy atom. The molecule has 0 atom stereocenters. The van der Waals surface area contributed by atoms with Crippen molar-refractivity contribution in [2.45, 2.75) is 37.7 Å². The number of carbonyl (C=O) groups excluding carboxylic acids is 1. The average Bonchev–Trinajstić information content (AvgIpc) is 2.95. The summed E-state index contributed by atoms with van der Waals surface area (Å²) in [5.74, 6) is -0.999. The van der Waals surface area contributed by atoms with Crippen molar-refractivity contribution in [3.63, 3.8) is 0 Å². The first-order valence-corrected chi connectivity index (χ1v) is 7.83. The first-order valence-electron chi connectivity index (χ1n) is 7.83. The molecule has 1 N–H and O–H groups in total. The summed E-state index contributed by atoms with van der Waals surface area (Å²) in [6.07, 6.45) is 4.48. The van der Waals surface area contributed by atoms with Crippen LogP contribution in [0.3, 0.4) is 0 Å². The maximum atomic E-state index is 12.6. The minimum absolute atomic E-state index is 0.0109. The molecule has 3 rings (SSSR count). The first-order chi connectivity index (χ1) is 10.6. The molecule has 0 aromatic heterocycles. The molecule has 22 heavy (non-hydrogen) atoms. The lowest BCUT2D eigenvalue weighted by Gasteiger charge is -2.40. The zero-order chi connectivity index (χ0) is 15.6. The Morgan fingerprint density at radius 2 is 1.95 bits per heavy atom. The van der Waals surface area contributed by atoms with E-state index >= 15 is 0 Å². The van der Waals surface area contributed by atoms with Crippen molar-refractivity contribution in [1.29, 1.82) is 0 Å². The molecular formula is C17H21NO4. The molecule has 0 bridgehead atoms. The first kappa shape index (κ1) is 15.0. The smallest absolute Gasteiger partial charge is 0.335 e. The van der Waals surface area contributed by atoms with Gasteiger partial charge in [0.15, 0.2) is 0 Å². The van der Waals surface area contributed by atoms with Crippen LogP contribution in [0, 0.1) is 0 Å². The van der Waals surface area contributed by atoms with Crippen LogP contribution in [0.4, 0.5) is 0 Å². The van der Waals surface area contributed by atoms with Crippen LogP contribution >= 0.6 is 0 Å². The van der Waals surface area contributed by atoms with Crippen LogP contribution in [-0.4, -0.2) is 47.2 Å². The third-order valence-electron chi connectivity index (χ3n) is 4.71. The predicted octanol–water partition coefficient (Wildman–Crippen LogP) is 2.10. The molecule has 0 unspecified atom stereocenters. The lowest BCUT2D eigenvalue weighted by atomic mass is 9.98. The van der Waals surface area contributed by atoms with Crippen LogP contribution in [0.2, 0.25) is 0 Å². The Labute approximate surface area is 129 Å². The van der Waals surface area contributed by atoms with Gasteiger partial charge >= 0.3 is 5.97 Å². The number of aromatic carboxylic acids is 1. The monoisotopic (exact) mass is 303 g/mol. The SMILES string of the molecule is O=C(O)c1ccccc1CC(=O)N1CCOC2(CCCC2)C1. The number of carboxylic acids is 1. The van der Waals surface area contributed by atoms with Crippen molar-refractivity contribution in [3.05, 3.63) is 35.4 Å². The lowest BCUT2D eigenvalue weighted by molar-refractivity contribution is -0.149. The fraction of sp³-hybridized carbons (Fsp3) is 0.529. The summed E-state index contributed by atoms with van der Waals surface area (Å²) in [5, 5.41) is 9.21. The fourth-order valence-corrected chi connectivity index (χ4v) is 3.54. The third kappa shape index (κ3) is 2.99. The van der Waals surface area contributed by atoms with Gasteiger partial charge in [0.2, 0.25) is 5.91 Å². The quantitative estimate of drug-likeness (QED) is 0.928. The molecule has 1 spiro atoms. The van der Waals surface area contributed by atoms with E-state index in [1.165, 1.54) is 0 Å². The van der Waals surface area contributed by atoms with E-state index in [2.05, 4.69) is 0 Å². The van der Waals surface area contributed by atoms with E-state index in [4.69, 9.17) is 4.74 Å². The highest BCUT2D eigenvalue weighted by Gasteiger charge is 2.40. The highest BCUT2D eigenvalue weighted by molar-refractivity contribution is 5.91. The average molecular weight is 303 g/mol. The van der Waals surface area contributed by atoms with Crippen molar-refractivity contribution < 1.29 is 19.4 Å². The summed E-state index contributed by atoms with van der Waals surface area (Å²) < 4.78 is 5.93. The molecule has 1 amide bonds. The minimum atomic E-state index is -0.988. The summed E-state index contributed by atoms with van der Waals surface area (Å²) in [6.45, 7) is 1.81. The van der Waals surface area contributed by atoms with Gasteiger partial charge in [-0.3, -0.25) is 4.79 Å². The van der Waals surface area contributed by atoms with Gasteiger partial charge < -0.3 is 14.7 Å². The van der Waals surface area contributed by atoms with E-state index in [0.29, 0.717) is 25.3 Å². The van der Waals surface area contributed by atoms with Crippen molar-refractivity contribution in [1.82, 2.24) is 4.90 Å². The molecule has 1 heterocycles. The van der Waals surface area contributed by atoms with Crippen LogP contribution in [0.1, 0.15) is 41.6 Å². The molecule has 5 heteroatoms. The van der Waals surface area contributed by atoms with Gasteiger partial charge in [-0.2, -0.15) is 0 Å². The van der Waals surface area contributed by atoms with Gasteiger partial charge in [-0.25, -0.2) is 4.79 Å². The molecule has 5 nitrogen and oxygen atoms in total. The summed E-state index contributed by atoms with van der Waals surface area (Å²) in [4.78, 5) is 25.6. The summed E-state index contributed by atoms with van der Waals surface area (Å²) in [5.41, 5.74) is 0.631. The van der Waals surface area contributed by atoms with Gasteiger partial charge in [-0.1, -0.05) is 31.0 Å². The lowest BCUT2D eigenvalue weighted by Crippen LogP contribution is -2.52. The zero-order valence-corrected chi connectivity index (χ0v) is 12.6. The number of nitrogens with zero attached hydrogens (tertiary/aromatic N) is 1. The molecule has 0 radical (unpaired) electrons. The van der Waals surface area contributed by atoms with E-state index in [9.17, 15) is 14.7 Å². The Bertz CT molecular complexity index is 578. The predicted molar refractivity (Wildman–Crippen MR) is 80.8 cm³/mol. The van der Waals surface area contributed by atoms with Gasteiger partial charge in [0, 0.05) is 13.1 Å². The molecule has 2 aliphatic rings. The van der Waals surface area contributed by atoms with Gasteiger partial charge in [0.1, 0.15) is 0 Å². The van der Waals surface area contributed by atoms with Crippen LogP contribution < -0.4 is 0 Å². The zero-order valence-electron chi connectivity index (χ0n) is 12.6. The Kier molecular flexibility index (Phi) is 4.16. The number of benzene rings is 1.